The summed E-state index contributed by atoms with van der Waals surface area (Å²) in [5.41, 5.74) is 0.740. The van der Waals surface area contributed by atoms with Crippen molar-refractivity contribution in [1.29, 1.82) is 0 Å². The molecule has 0 bridgehead atoms. The molecule has 6 heteroatoms. The topological polar surface area (TPSA) is 29.5 Å². The normalized spacial score (nSPS) is 24.8. The third-order valence-electron chi connectivity index (χ3n) is 5.79. The van der Waals surface area contributed by atoms with Crippen LogP contribution < -0.4 is 9.64 Å². The highest BCUT2D eigenvalue weighted by atomic mass is 19.4. The van der Waals surface area contributed by atoms with Gasteiger partial charge in [0.25, 0.3) is 0 Å². The Hall–Kier alpha value is -1.72. The Kier molecular flexibility index (Phi) is 5.49. The largest absolute Gasteiger partial charge is 0.497 e. The molecular formula is C20H26F3NO2. The SMILES string of the molecule is COc1ccc(N(C(=O)C2CCCC(C(F)(F)F)C2)C(C)C2CC2)cc1. The molecular weight excluding hydrogens is 343 g/mol. The van der Waals surface area contributed by atoms with E-state index in [1.54, 1.807) is 24.1 Å². The first kappa shape index (κ1) is 19.1. The van der Waals surface area contributed by atoms with Gasteiger partial charge in [-0.2, -0.15) is 13.2 Å². The molecule has 3 nitrogen and oxygen atoms in total. The van der Waals surface area contributed by atoms with Crippen molar-refractivity contribution >= 4 is 11.6 Å². The van der Waals surface area contributed by atoms with Crippen molar-refractivity contribution < 1.29 is 22.7 Å². The lowest BCUT2D eigenvalue weighted by atomic mass is 9.80. The Morgan fingerprint density at radius 1 is 1.15 bits per heavy atom. The zero-order valence-corrected chi connectivity index (χ0v) is 15.3. The summed E-state index contributed by atoms with van der Waals surface area (Å²) in [5, 5.41) is 0. The number of carbonyl (C=O) groups excluding carboxylic acids is 1. The molecule has 3 atom stereocenters. The summed E-state index contributed by atoms with van der Waals surface area (Å²) < 4.78 is 44.6. The third-order valence-corrected chi connectivity index (χ3v) is 5.79. The molecule has 2 aliphatic carbocycles. The van der Waals surface area contributed by atoms with Gasteiger partial charge in [0.2, 0.25) is 5.91 Å². The number of nitrogens with zero attached hydrogens (tertiary/aromatic N) is 1. The lowest BCUT2D eigenvalue weighted by Gasteiger charge is -2.36. The quantitative estimate of drug-likeness (QED) is 0.714. The van der Waals surface area contributed by atoms with Crippen molar-refractivity contribution in [1.82, 2.24) is 0 Å². The van der Waals surface area contributed by atoms with E-state index in [0.29, 0.717) is 24.5 Å². The summed E-state index contributed by atoms with van der Waals surface area (Å²) in [5.74, 6) is -0.959. The van der Waals surface area contributed by atoms with Gasteiger partial charge < -0.3 is 9.64 Å². The maximum absolute atomic E-state index is 13.2. The van der Waals surface area contributed by atoms with Crippen LogP contribution in [0.2, 0.25) is 0 Å². The summed E-state index contributed by atoms with van der Waals surface area (Å²) in [7, 11) is 1.57. The van der Waals surface area contributed by atoms with Crippen molar-refractivity contribution in [3.8, 4) is 5.75 Å². The first-order valence-electron chi connectivity index (χ1n) is 9.35. The number of rotatable bonds is 5. The van der Waals surface area contributed by atoms with E-state index >= 15 is 0 Å². The number of benzene rings is 1. The Bertz CT molecular complexity index is 625. The number of ether oxygens (including phenoxy) is 1. The second-order valence-electron chi connectivity index (χ2n) is 7.59. The second-order valence-corrected chi connectivity index (χ2v) is 7.59. The molecule has 0 saturated heterocycles. The molecule has 0 N–H and O–H groups in total. The smallest absolute Gasteiger partial charge is 0.391 e. The van der Waals surface area contributed by atoms with E-state index in [0.717, 1.165) is 18.5 Å². The summed E-state index contributed by atoms with van der Waals surface area (Å²) in [6.45, 7) is 2.00. The molecule has 2 saturated carbocycles. The van der Waals surface area contributed by atoms with Crippen LogP contribution in [0.4, 0.5) is 18.9 Å². The Morgan fingerprint density at radius 2 is 1.81 bits per heavy atom. The van der Waals surface area contributed by atoms with E-state index in [1.165, 1.54) is 0 Å². The van der Waals surface area contributed by atoms with Crippen LogP contribution >= 0.6 is 0 Å². The fourth-order valence-electron chi connectivity index (χ4n) is 4.00. The van der Waals surface area contributed by atoms with Crippen LogP contribution in [0, 0.1) is 17.8 Å². The molecule has 3 rings (SSSR count). The predicted octanol–water partition coefficient (Wildman–Crippen LogP) is 5.20. The monoisotopic (exact) mass is 369 g/mol. The van der Waals surface area contributed by atoms with Crippen molar-refractivity contribution in [3.05, 3.63) is 24.3 Å². The highest BCUT2D eigenvalue weighted by Crippen LogP contribution is 2.43. The molecule has 0 heterocycles. The van der Waals surface area contributed by atoms with Crippen molar-refractivity contribution in [2.75, 3.05) is 12.0 Å². The maximum Gasteiger partial charge on any atom is 0.391 e. The third kappa shape index (κ3) is 4.15. The number of hydrogen-bond donors (Lipinski definition) is 0. The van der Waals surface area contributed by atoms with Crippen molar-refractivity contribution in [3.63, 3.8) is 0 Å². The number of halogens is 3. The highest BCUT2D eigenvalue weighted by Gasteiger charge is 2.45. The van der Waals surface area contributed by atoms with E-state index < -0.39 is 18.0 Å². The molecule has 1 aromatic carbocycles. The number of hydrogen-bond acceptors (Lipinski definition) is 2. The minimum atomic E-state index is -4.22. The first-order valence-corrected chi connectivity index (χ1v) is 9.35. The Balaban J connectivity index is 1.82. The first-order chi connectivity index (χ1) is 12.3. The number of anilines is 1. The van der Waals surface area contributed by atoms with Gasteiger partial charge in [-0.25, -0.2) is 0 Å². The molecule has 1 aromatic rings. The van der Waals surface area contributed by atoms with Gasteiger partial charge in [-0.3, -0.25) is 4.79 Å². The molecule has 0 radical (unpaired) electrons. The maximum atomic E-state index is 13.2. The zero-order valence-electron chi connectivity index (χ0n) is 15.3. The van der Waals surface area contributed by atoms with Gasteiger partial charge in [-0.15, -0.1) is 0 Å². The molecule has 0 aliphatic heterocycles. The average molecular weight is 369 g/mol. The highest BCUT2D eigenvalue weighted by molar-refractivity contribution is 5.95. The van der Waals surface area contributed by atoms with Crippen LogP contribution in [-0.2, 0) is 4.79 Å². The van der Waals surface area contributed by atoms with Crippen LogP contribution in [0.15, 0.2) is 24.3 Å². The van der Waals surface area contributed by atoms with E-state index in [1.807, 2.05) is 19.1 Å². The molecule has 26 heavy (non-hydrogen) atoms. The molecule has 3 unspecified atom stereocenters. The van der Waals surface area contributed by atoms with Crippen LogP contribution in [-0.4, -0.2) is 25.2 Å². The number of alkyl halides is 3. The summed E-state index contributed by atoms with van der Waals surface area (Å²) in [6, 6.07) is 7.21. The molecule has 1 amide bonds. The van der Waals surface area contributed by atoms with Gasteiger partial charge in [0.1, 0.15) is 5.75 Å². The number of methoxy groups -OCH3 is 1. The number of carbonyl (C=O) groups is 1. The standard InChI is InChI=1S/C20H26F3NO2/c1-13(14-6-7-14)24(17-8-10-18(26-2)11-9-17)19(25)15-4-3-5-16(12-15)20(21,22)23/h8-11,13-16H,3-7,12H2,1-2H3. The Labute approximate surface area is 152 Å². The van der Waals surface area contributed by atoms with Gasteiger partial charge in [0.05, 0.1) is 13.0 Å². The van der Waals surface area contributed by atoms with Crippen LogP contribution in [0.3, 0.4) is 0 Å². The van der Waals surface area contributed by atoms with E-state index in [4.69, 9.17) is 4.74 Å². The van der Waals surface area contributed by atoms with E-state index in [-0.39, 0.29) is 24.8 Å². The van der Waals surface area contributed by atoms with Gasteiger partial charge >= 0.3 is 6.18 Å². The lowest BCUT2D eigenvalue weighted by Crippen LogP contribution is -2.45. The fourth-order valence-corrected chi connectivity index (χ4v) is 4.00. The van der Waals surface area contributed by atoms with Crippen molar-refractivity contribution in [2.45, 2.75) is 57.7 Å². The summed E-state index contributed by atoms with van der Waals surface area (Å²) >= 11 is 0. The van der Waals surface area contributed by atoms with Crippen LogP contribution in [0.5, 0.6) is 5.75 Å². The van der Waals surface area contributed by atoms with E-state index in [2.05, 4.69) is 0 Å². The fraction of sp³-hybridized carbons (Fsp3) is 0.650. The van der Waals surface area contributed by atoms with E-state index in [9.17, 15) is 18.0 Å². The zero-order chi connectivity index (χ0) is 18.9. The predicted molar refractivity (Wildman–Crippen MR) is 94.2 cm³/mol. The molecule has 2 fully saturated rings. The summed E-state index contributed by atoms with van der Waals surface area (Å²) in [6.07, 6.45) is -1.05. The minimum Gasteiger partial charge on any atom is -0.497 e. The van der Waals surface area contributed by atoms with Gasteiger partial charge in [0, 0.05) is 17.6 Å². The van der Waals surface area contributed by atoms with Crippen molar-refractivity contribution in [2.24, 2.45) is 17.8 Å². The van der Waals surface area contributed by atoms with Crippen LogP contribution in [0.1, 0.15) is 45.4 Å². The van der Waals surface area contributed by atoms with Gasteiger partial charge in [-0.05, 0) is 69.2 Å². The molecule has 0 spiro atoms. The summed E-state index contributed by atoms with van der Waals surface area (Å²) in [4.78, 5) is 15.0. The number of amides is 1. The lowest BCUT2D eigenvalue weighted by molar-refractivity contribution is -0.186. The minimum absolute atomic E-state index is 0.00200. The second kappa shape index (κ2) is 7.49. The average Bonchev–Trinajstić information content (AvgIpc) is 3.47. The molecule has 2 aliphatic rings. The van der Waals surface area contributed by atoms with Gasteiger partial charge in [0.15, 0.2) is 0 Å². The van der Waals surface area contributed by atoms with Gasteiger partial charge in [-0.1, -0.05) is 6.42 Å². The van der Waals surface area contributed by atoms with Crippen LogP contribution in [0.25, 0.3) is 0 Å². The molecule has 144 valence electrons. The Morgan fingerprint density at radius 3 is 2.35 bits per heavy atom. The molecule has 0 aromatic heterocycles.